The van der Waals surface area contributed by atoms with Crippen molar-refractivity contribution in [3.05, 3.63) is 33.8 Å². The van der Waals surface area contributed by atoms with E-state index < -0.39 is 23.5 Å². The van der Waals surface area contributed by atoms with E-state index in [1.807, 2.05) is 0 Å². The number of esters is 1. The highest BCUT2D eigenvalue weighted by atomic mass is 32.1. The number of hydrogen-bond donors (Lipinski definition) is 0. The molecular weight excluding hydrogens is 295 g/mol. The van der Waals surface area contributed by atoms with Crippen LogP contribution < -0.4 is 0 Å². The fraction of sp³-hybridized carbons (Fsp3) is 0.364. The van der Waals surface area contributed by atoms with E-state index >= 15 is 0 Å². The van der Waals surface area contributed by atoms with E-state index in [4.69, 9.17) is 0 Å². The normalized spacial score (nSPS) is 11.6. The van der Waals surface area contributed by atoms with Gasteiger partial charge in [-0.25, -0.2) is 9.48 Å². The number of ether oxygens (including phenoxy) is 1. The van der Waals surface area contributed by atoms with Crippen molar-refractivity contribution in [3.63, 3.8) is 0 Å². The van der Waals surface area contributed by atoms with Crippen LogP contribution in [-0.4, -0.2) is 27.6 Å². The standard InChI is InChI=1S/C11H10F3N3O2S/c1-2-19-10(18)8-9(11(12,13)14)17(16-15-8)6-7-4-3-5-20-7/h3-5H,2,6H2,1H3. The van der Waals surface area contributed by atoms with Crippen molar-refractivity contribution < 1.29 is 22.7 Å². The van der Waals surface area contributed by atoms with Gasteiger partial charge in [0.2, 0.25) is 5.69 Å². The van der Waals surface area contributed by atoms with Crippen LogP contribution in [0.4, 0.5) is 13.2 Å². The molecule has 5 nitrogen and oxygen atoms in total. The minimum atomic E-state index is -4.73. The largest absolute Gasteiger partial charge is 0.461 e. The zero-order chi connectivity index (χ0) is 14.8. The Bertz CT molecular complexity index is 593. The van der Waals surface area contributed by atoms with Crippen LogP contribution in [0.2, 0.25) is 0 Å². The van der Waals surface area contributed by atoms with Gasteiger partial charge in [0.15, 0.2) is 5.69 Å². The van der Waals surface area contributed by atoms with Crippen molar-refractivity contribution in [1.82, 2.24) is 15.0 Å². The van der Waals surface area contributed by atoms with E-state index in [1.165, 1.54) is 18.3 Å². The van der Waals surface area contributed by atoms with Gasteiger partial charge in [0.1, 0.15) is 0 Å². The third kappa shape index (κ3) is 2.98. The first-order chi connectivity index (χ1) is 9.43. The van der Waals surface area contributed by atoms with Crippen LogP contribution in [0.15, 0.2) is 17.5 Å². The van der Waals surface area contributed by atoms with Crippen molar-refractivity contribution in [2.24, 2.45) is 0 Å². The van der Waals surface area contributed by atoms with Crippen LogP contribution >= 0.6 is 11.3 Å². The molecule has 0 fully saturated rings. The predicted octanol–water partition coefficient (Wildman–Crippen LogP) is 2.58. The summed E-state index contributed by atoms with van der Waals surface area (Å²) in [5.74, 6) is -1.13. The fourth-order valence-electron chi connectivity index (χ4n) is 1.59. The average Bonchev–Trinajstić information content (AvgIpc) is 2.98. The van der Waals surface area contributed by atoms with Crippen molar-refractivity contribution in [2.45, 2.75) is 19.6 Å². The number of carbonyl (C=O) groups is 1. The van der Waals surface area contributed by atoms with Gasteiger partial charge in [0.05, 0.1) is 13.2 Å². The molecule has 0 atom stereocenters. The molecule has 0 saturated heterocycles. The predicted molar refractivity (Wildman–Crippen MR) is 64.4 cm³/mol. The lowest BCUT2D eigenvalue weighted by Crippen LogP contribution is -2.19. The van der Waals surface area contributed by atoms with Gasteiger partial charge in [0, 0.05) is 4.88 Å². The second kappa shape index (κ2) is 5.61. The zero-order valence-electron chi connectivity index (χ0n) is 10.3. The Hall–Kier alpha value is -1.90. The summed E-state index contributed by atoms with van der Waals surface area (Å²) in [4.78, 5) is 12.2. The SMILES string of the molecule is CCOC(=O)c1nnn(Cc2cccs2)c1C(F)(F)F. The monoisotopic (exact) mass is 305 g/mol. The summed E-state index contributed by atoms with van der Waals surface area (Å²) in [5, 5.41) is 8.46. The number of thiophene rings is 1. The molecule has 0 radical (unpaired) electrons. The van der Waals surface area contributed by atoms with Crippen LogP contribution in [0.1, 0.15) is 28.0 Å². The second-order valence-electron chi connectivity index (χ2n) is 3.74. The fourth-order valence-corrected chi connectivity index (χ4v) is 2.28. The average molecular weight is 305 g/mol. The van der Waals surface area contributed by atoms with Crippen molar-refractivity contribution >= 4 is 17.3 Å². The van der Waals surface area contributed by atoms with Gasteiger partial charge in [-0.3, -0.25) is 0 Å². The van der Waals surface area contributed by atoms with E-state index in [0.29, 0.717) is 9.56 Å². The van der Waals surface area contributed by atoms with E-state index in [1.54, 1.807) is 17.5 Å². The third-order valence-corrected chi connectivity index (χ3v) is 3.22. The van der Waals surface area contributed by atoms with Gasteiger partial charge in [0.25, 0.3) is 0 Å². The number of halogens is 3. The molecule has 2 heterocycles. The summed E-state index contributed by atoms with van der Waals surface area (Å²) >= 11 is 1.29. The molecule has 0 saturated carbocycles. The number of nitrogens with zero attached hydrogens (tertiary/aromatic N) is 3. The maximum Gasteiger partial charge on any atom is 0.435 e. The van der Waals surface area contributed by atoms with Gasteiger partial charge in [-0.2, -0.15) is 13.2 Å². The van der Waals surface area contributed by atoms with Crippen LogP contribution in [0.3, 0.4) is 0 Å². The summed E-state index contributed by atoms with van der Waals surface area (Å²) < 4.78 is 44.4. The Labute approximate surface area is 116 Å². The molecule has 0 spiro atoms. The molecule has 0 aliphatic rings. The van der Waals surface area contributed by atoms with Gasteiger partial charge in [-0.15, -0.1) is 16.4 Å². The smallest absolute Gasteiger partial charge is 0.435 e. The molecule has 2 rings (SSSR count). The topological polar surface area (TPSA) is 57.0 Å². The zero-order valence-corrected chi connectivity index (χ0v) is 11.2. The molecule has 108 valence electrons. The van der Waals surface area contributed by atoms with E-state index in [0.717, 1.165) is 0 Å². The first kappa shape index (κ1) is 14.5. The highest BCUT2D eigenvalue weighted by molar-refractivity contribution is 7.09. The molecule has 9 heteroatoms. The molecule has 0 bridgehead atoms. The maximum absolute atomic E-state index is 13.1. The molecule has 20 heavy (non-hydrogen) atoms. The van der Waals surface area contributed by atoms with Crippen LogP contribution in [0, 0.1) is 0 Å². The molecule has 0 aromatic carbocycles. The summed E-state index contributed by atoms with van der Waals surface area (Å²) in [6.07, 6.45) is -4.73. The van der Waals surface area contributed by atoms with Crippen molar-refractivity contribution in [2.75, 3.05) is 6.61 Å². The Balaban J connectivity index is 2.40. The van der Waals surface area contributed by atoms with E-state index in [9.17, 15) is 18.0 Å². The Morgan fingerprint density at radius 2 is 2.25 bits per heavy atom. The summed E-state index contributed by atoms with van der Waals surface area (Å²) in [6.45, 7) is 1.37. The number of carbonyl (C=O) groups excluding carboxylic acids is 1. The Kier molecular flexibility index (Phi) is 4.07. The molecule has 0 aliphatic carbocycles. The molecule has 2 aromatic rings. The lowest BCUT2D eigenvalue weighted by Gasteiger charge is -2.10. The van der Waals surface area contributed by atoms with Crippen LogP contribution in [-0.2, 0) is 17.5 Å². The Morgan fingerprint density at radius 3 is 2.80 bits per heavy atom. The molecule has 0 aliphatic heterocycles. The minimum absolute atomic E-state index is 0.0338. The summed E-state index contributed by atoms with van der Waals surface area (Å²) in [6, 6.07) is 3.40. The molecule has 0 unspecified atom stereocenters. The number of hydrogen-bond acceptors (Lipinski definition) is 5. The van der Waals surface area contributed by atoms with Gasteiger partial charge in [-0.05, 0) is 18.4 Å². The van der Waals surface area contributed by atoms with E-state index in [2.05, 4.69) is 15.0 Å². The minimum Gasteiger partial charge on any atom is -0.461 e. The lowest BCUT2D eigenvalue weighted by atomic mass is 10.3. The first-order valence-electron chi connectivity index (χ1n) is 5.63. The van der Waals surface area contributed by atoms with Gasteiger partial charge >= 0.3 is 12.1 Å². The van der Waals surface area contributed by atoms with Crippen LogP contribution in [0.25, 0.3) is 0 Å². The van der Waals surface area contributed by atoms with Crippen LogP contribution in [0.5, 0.6) is 0 Å². The molecule has 0 N–H and O–H groups in total. The summed E-state index contributed by atoms with van der Waals surface area (Å²) in [7, 11) is 0. The highest BCUT2D eigenvalue weighted by Gasteiger charge is 2.42. The molecule has 2 aromatic heterocycles. The quantitative estimate of drug-likeness (QED) is 0.815. The van der Waals surface area contributed by atoms with Crippen molar-refractivity contribution in [3.8, 4) is 0 Å². The molecular formula is C11H10F3N3O2S. The van der Waals surface area contributed by atoms with E-state index in [-0.39, 0.29) is 13.2 Å². The van der Waals surface area contributed by atoms with Gasteiger partial charge in [-0.1, -0.05) is 11.3 Å². The van der Waals surface area contributed by atoms with Gasteiger partial charge < -0.3 is 4.74 Å². The summed E-state index contributed by atoms with van der Waals surface area (Å²) in [5.41, 5.74) is -2.00. The van der Waals surface area contributed by atoms with Crippen molar-refractivity contribution in [1.29, 1.82) is 0 Å². The number of alkyl halides is 3. The number of rotatable bonds is 4. The second-order valence-corrected chi connectivity index (χ2v) is 4.77. The molecule has 0 amide bonds. The highest BCUT2D eigenvalue weighted by Crippen LogP contribution is 2.32. The third-order valence-electron chi connectivity index (χ3n) is 2.36. The first-order valence-corrected chi connectivity index (χ1v) is 6.51. The Morgan fingerprint density at radius 1 is 1.50 bits per heavy atom. The lowest BCUT2D eigenvalue weighted by molar-refractivity contribution is -0.144. The number of aromatic nitrogens is 3. The maximum atomic E-state index is 13.1.